The number of carbonyl (C=O) groups is 3. The predicted molar refractivity (Wildman–Crippen MR) is 217 cm³/mol. The van der Waals surface area contributed by atoms with Crippen LogP contribution in [0.5, 0.6) is 5.75 Å². The Balaban J connectivity index is 0.00000580. The average molecular weight is 786 g/mol. The molecule has 2 bridgehead atoms. The summed E-state index contributed by atoms with van der Waals surface area (Å²) in [5, 5.41) is 7.22. The van der Waals surface area contributed by atoms with E-state index >= 15 is 0 Å². The Bertz CT molecular complexity index is 1970. The molecule has 1 unspecified atom stereocenters. The molecule has 293 valence electrons. The number of allylic oxidation sites excluding steroid dienone is 12. The number of hydrogen-bond acceptors (Lipinski definition) is 6. The fraction of sp³-hybridized carbons (Fsp3) is 0.479. The maximum atomic E-state index is 13.8. The molecule has 7 heteroatoms. The Morgan fingerprint density at radius 3 is 1.78 bits per heavy atom. The van der Waals surface area contributed by atoms with Crippen molar-refractivity contribution in [2.75, 3.05) is 0 Å². The minimum absolute atomic E-state index is 0. The Kier molecular flexibility index (Phi) is 12.6. The van der Waals surface area contributed by atoms with Crippen LogP contribution in [0.25, 0.3) is 0 Å². The molecule has 0 saturated heterocycles. The quantitative estimate of drug-likeness (QED) is 0.0984. The molecule has 5 atom stereocenters. The van der Waals surface area contributed by atoms with E-state index in [0.717, 1.165) is 60.8 Å². The second-order valence-corrected chi connectivity index (χ2v) is 18.8. The number of Topliss-reactive ketones (excluding diaryl/α,β-unsaturated/α-hetero) is 2. The van der Waals surface area contributed by atoms with Gasteiger partial charge in [0.2, 0.25) is 0 Å². The summed E-state index contributed by atoms with van der Waals surface area (Å²) in [6, 6.07) is 7.50. The molecule has 2 saturated carbocycles. The van der Waals surface area contributed by atoms with E-state index in [1.54, 1.807) is 12.1 Å². The van der Waals surface area contributed by atoms with Gasteiger partial charge in [-0.15, -0.1) is 0 Å². The summed E-state index contributed by atoms with van der Waals surface area (Å²) in [5.74, 6) is 7.74. The van der Waals surface area contributed by atoms with Gasteiger partial charge in [0.05, 0.1) is 5.92 Å². The second-order valence-electron chi connectivity index (χ2n) is 18.8. The van der Waals surface area contributed by atoms with E-state index in [-0.39, 0.29) is 68.6 Å². The number of fused-ring (bicyclic) bond motifs is 2. The number of carbonyl (C=O) groups excluding carboxylic acids is 3. The predicted octanol–water partition coefficient (Wildman–Crippen LogP) is 9.42. The molecule has 2 N–H and O–H groups in total. The zero-order chi connectivity index (χ0) is 39.0. The molecular formula is C48H58CoN2O4. The van der Waals surface area contributed by atoms with Crippen LogP contribution in [0, 0.1) is 45.8 Å². The molecule has 6 rings (SSSR count). The summed E-state index contributed by atoms with van der Waals surface area (Å²) in [6.45, 7) is 19.0. The van der Waals surface area contributed by atoms with E-state index in [2.05, 4.69) is 82.2 Å². The molecule has 5 aliphatic carbocycles. The molecule has 0 spiro atoms. The summed E-state index contributed by atoms with van der Waals surface area (Å²) in [7, 11) is 0. The van der Waals surface area contributed by atoms with Gasteiger partial charge in [0.1, 0.15) is 5.75 Å². The van der Waals surface area contributed by atoms with Crippen molar-refractivity contribution in [3.8, 4) is 17.6 Å². The number of ether oxygens (including phenoxy) is 1. The van der Waals surface area contributed by atoms with Gasteiger partial charge in [-0.05, 0) is 102 Å². The van der Waals surface area contributed by atoms with Crippen molar-refractivity contribution in [2.45, 2.75) is 113 Å². The summed E-state index contributed by atoms with van der Waals surface area (Å²) in [4.78, 5) is 40.3. The van der Waals surface area contributed by atoms with E-state index < -0.39 is 0 Å². The van der Waals surface area contributed by atoms with Crippen LogP contribution >= 0.6 is 0 Å². The van der Waals surface area contributed by atoms with E-state index in [4.69, 9.17) is 4.74 Å². The molecule has 2 fully saturated rings. The fourth-order valence-electron chi connectivity index (χ4n) is 8.05. The summed E-state index contributed by atoms with van der Waals surface area (Å²) in [5.41, 5.74) is 4.78. The summed E-state index contributed by atoms with van der Waals surface area (Å²) < 4.78 is 5.72. The van der Waals surface area contributed by atoms with Crippen LogP contribution in [0.4, 0.5) is 0 Å². The van der Waals surface area contributed by atoms with E-state index in [1.165, 1.54) is 0 Å². The zero-order valence-corrected chi connectivity index (χ0v) is 35.1. The van der Waals surface area contributed by atoms with Crippen LogP contribution in [0.2, 0.25) is 0 Å². The topological polar surface area (TPSA) is 84.5 Å². The number of esters is 1. The molecule has 1 aromatic rings. The van der Waals surface area contributed by atoms with Gasteiger partial charge in [0, 0.05) is 74.7 Å². The number of rotatable bonds is 6. The fourth-order valence-corrected chi connectivity index (χ4v) is 8.05. The molecule has 1 radical (unpaired) electrons. The molecule has 0 aromatic heterocycles. The van der Waals surface area contributed by atoms with Crippen molar-refractivity contribution >= 4 is 17.5 Å². The Morgan fingerprint density at radius 2 is 1.27 bits per heavy atom. The number of ketones is 2. The first-order valence-corrected chi connectivity index (χ1v) is 19.8. The average Bonchev–Trinajstić information content (AvgIpc) is 3.74. The van der Waals surface area contributed by atoms with Crippen LogP contribution in [0.15, 0.2) is 107 Å². The van der Waals surface area contributed by atoms with Crippen LogP contribution in [0.1, 0.15) is 106 Å². The number of nitrogens with one attached hydrogen (secondary N) is 2. The molecule has 0 heterocycles. The van der Waals surface area contributed by atoms with Crippen molar-refractivity contribution in [1.29, 1.82) is 0 Å². The van der Waals surface area contributed by atoms with Gasteiger partial charge in [0.15, 0.2) is 11.6 Å². The minimum Gasteiger partial charge on any atom is -0.426 e. The van der Waals surface area contributed by atoms with Crippen molar-refractivity contribution in [3.05, 3.63) is 112 Å². The van der Waals surface area contributed by atoms with Gasteiger partial charge >= 0.3 is 5.97 Å². The Morgan fingerprint density at radius 1 is 0.709 bits per heavy atom. The molecule has 55 heavy (non-hydrogen) atoms. The first-order valence-electron chi connectivity index (χ1n) is 19.8. The summed E-state index contributed by atoms with van der Waals surface area (Å²) >= 11 is 0. The SMILES string of the molecule is CC(C)(C)C1=C/C(=C/N[C@@H]2CCCC[C@H]2N/C=C2/C=C(C#Cc3ccc(OC(=O)C4C[C@@H]5C=C[C@H]4C5)cc3)C=C(C(C)(C)C)C2=O)C(=O)C(C(C)(C)C)=C1.[Co]. The monoisotopic (exact) mass is 785 g/mol. The van der Waals surface area contributed by atoms with Crippen LogP contribution in [-0.2, 0) is 31.2 Å². The number of benzene rings is 1. The Labute approximate surface area is 339 Å². The first kappa shape index (κ1) is 42.0. The third kappa shape index (κ3) is 10.0. The van der Waals surface area contributed by atoms with E-state index in [0.29, 0.717) is 34.3 Å². The molecule has 6 nitrogen and oxygen atoms in total. The molecule has 0 amide bonds. The Hall–Kier alpha value is -4.12. The van der Waals surface area contributed by atoms with Crippen LogP contribution in [0.3, 0.4) is 0 Å². The standard InChI is InChI=1S/C48H58N2O4.Co/c1-46(2,3)36-26-35(44(52)40(27-36)48(7,8)9)29-50-42-13-11-10-12-41(42)49-28-34-23-32(25-39(43(34)51)47(4,5)6)15-14-30-17-20-37(21-18-30)54-45(53)38-24-31-16-19-33(38)22-31;/h16-21,23,25-29,31,33,38,41-42,49-50H,10-13,22,24H2,1-9H3;/b34-28-,35-29-;/t31-,33+,38?,41-,42-;/m1./s1. The van der Waals surface area contributed by atoms with Crippen molar-refractivity contribution in [1.82, 2.24) is 10.6 Å². The van der Waals surface area contributed by atoms with Crippen LogP contribution < -0.4 is 15.4 Å². The van der Waals surface area contributed by atoms with Crippen molar-refractivity contribution in [3.63, 3.8) is 0 Å². The first-order chi connectivity index (χ1) is 25.4. The van der Waals surface area contributed by atoms with E-state index in [9.17, 15) is 14.4 Å². The minimum atomic E-state index is -0.370. The van der Waals surface area contributed by atoms with Gasteiger partial charge in [0.25, 0.3) is 0 Å². The maximum absolute atomic E-state index is 13.8. The van der Waals surface area contributed by atoms with Gasteiger partial charge in [-0.25, -0.2) is 0 Å². The van der Waals surface area contributed by atoms with Crippen LogP contribution in [-0.4, -0.2) is 29.6 Å². The number of hydrogen-bond donors (Lipinski definition) is 2. The zero-order valence-electron chi connectivity index (χ0n) is 34.0. The molecular weight excluding hydrogens is 727 g/mol. The van der Waals surface area contributed by atoms with Gasteiger partial charge in [-0.2, -0.15) is 0 Å². The van der Waals surface area contributed by atoms with E-state index in [1.807, 2.05) is 63.5 Å². The summed E-state index contributed by atoms with van der Waals surface area (Å²) in [6.07, 6.45) is 22.1. The van der Waals surface area contributed by atoms with Gasteiger partial charge < -0.3 is 15.4 Å². The second kappa shape index (κ2) is 16.5. The maximum Gasteiger partial charge on any atom is 0.314 e. The van der Waals surface area contributed by atoms with Crippen molar-refractivity contribution < 1.29 is 35.9 Å². The smallest absolute Gasteiger partial charge is 0.314 e. The van der Waals surface area contributed by atoms with Gasteiger partial charge in [-0.1, -0.05) is 105 Å². The van der Waals surface area contributed by atoms with Gasteiger partial charge in [-0.3, -0.25) is 14.4 Å². The third-order valence-electron chi connectivity index (χ3n) is 11.4. The molecule has 0 aliphatic heterocycles. The normalized spacial score (nSPS) is 26.7. The van der Waals surface area contributed by atoms with Crippen molar-refractivity contribution in [2.24, 2.45) is 34.0 Å². The largest absolute Gasteiger partial charge is 0.426 e. The molecule has 1 aromatic carbocycles. The molecule has 5 aliphatic rings. The third-order valence-corrected chi connectivity index (χ3v) is 11.4.